The molecule has 1 aromatic heterocycles. The summed E-state index contributed by atoms with van der Waals surface area (Å²) in [6.45, 7) is 2.58. The lowest BCUT2D eigenvalue weighted by molar-refractivity contribution is -0.121. The van der Waals surface area contributed by atoms with Crippen LogP contribution in [0.3, 0.4) is 0 Å². The molecule has 0 aliphatic heterocycles. The molecular formula is C17H21NO2S. The summed E-state index contributed by atoms with van der Waals surface area (Å²) in [5.74, 6) is 0.0658. The molecule has 21 heavy (non-hydrogen) atoms. The maximum atomic E-state index is 11.8. The minimum atomic E-state index is 0.00374. The largest absolute Gasteiger partial charge is 0.392 e. The Hall–Kier alpha value is -1.65. The van der Waals surface area contributed by atoms with Crippen molar-refractivity contribution in [3.05, 3.63) is 57.3 Å². The van der Waals surface area contributed by atoms with E-state index in [1.807, 2.05) is 24.3 Å². The molecule has 1 amide bonds. The zero-order valence-corrected chi connectivity index (χ0v) is 13.1. The highest BCUT2D eigenvalue weighted by Crippen LogP contribution is 2.17. The van der Waals surface area contributed by atoms with E-state index in [1.165, 1.54) is 9.75 Å². The lowest BCUT2D eigenvalue weighted by Gasteiger charge is -2.08. The first-order valence-electron chi connectivity index (χ1n) is 7.18. The Bertz CT molecular complexity index is 592. The molecule has 0 bridgehead atoms. The molecule has 0 saturated heterocycles. The Balaban J connectivity index is 1.72. The van der Waals surface area contributed by atoms with Crippen molar-refractivity contribution in [2.45, 2.75) is 39.3 Å². The molecule has 0 unspecified atom stereocenters. The van der Waals surface area contributed by atoms with Gasteiger partial charge in [-0.1, -0.05) is 24.3 Å². The number of carbonyl (C=O) groups excluding carboxylic acids is 1. The Labute approximate surface area is 129 Å². The predicted molar refractivity (Wildman–Crippen MR) is 86.2 cm³/mol. The third-order valence-electron chi connectivity index (χ3n) is 3.39. The highest BCUT2D eigenvalue weighted by molar-refractivity contribution is 7.11. The van der Waals surface area contributed by atoms with Gasteiger partial charge in [-0.25, -0.2) is 0 Å². The number of hydrogen-bond acceptors (Lipinski definition) is 3. The van der Waals surface area contributed by atoms with Crippen LogP contribution in [0, 0.1) is 6.92 Å². The minimum absolute atomic E-state index is 0.00374. The molecule has 2 rings (SSSR count). The molecule has 2 N–H and O–H groups in total. The molecule has 0 spiro atoms. The van der Waals surface area contributed by atoms with E-state index in [9.17, 15) is 9.90 Å². The van der Waals surface area contributed by atoms with Crippen LogP contribution in [0.2, 0.25) is 0 Å². The number of aryl methyl sites for hydroxylation is 2. The van der Waals surface area contributed by atoms with Crippen LogP contribution < -0.4 is 5.32 Å². The molecule has 4 heteroatoms. The van der Waals surface area contributed by atoms with Gasteiger partial charge in [0.2, 0.25) is 5.91 Å². The first kappa shape index (κ1) is 15.7. The molecule has 1 heterocycles. The number of benzene rings is 1. The maximum absolute atomic E-state index is 11.8. The van der Waals surface area contributed by atoms with Crippen LogP contribution in [0.1, 0.15) is 33.7 Å². The summed E-state index contributed by atoms with van der Waals surface area (Å²) in [5.41, 5.74) is 1.84. The van der Waals surface area contributed by atoms with Gasteiger partial charge in [-0.15, -0.1) is 11.3 Å². The molecule has 0 fully saturated rings. The quantitative estimate of drug-likeness (QED) is 0.825. The van der Waals surface area contributed by atoms with Crippen molar-refractivity contribution in [2.24, 2.45) is 0 Å². The first-order valence-corrected chi connectivity index (χ1v) is 8.00. The SMILES string of the molecule is Cc1ccc(CCCC(=O)NCc2ccccc2CO)s1. The van der Waals surface area contributed by atoms with Gasteiger partial charge < -0.3 is 10.4 Å². The Morgan fingerprint density at radius 3 is 2.62 bits per heavy atom. The van der Waals surface area contributed by atoms with Crippen molar-refractivity contribution in [3.8, 4) is 0 Å². The number of hydrogen-bond donors (Lipinski definition) is 2. The number of rotatable bonds is 7. The van der Waals surface area contributed by atoms with E-state index < -0.39 is 0 Å². The van der Waals surface area contributed by atoms with E-state index in [2.05, 4.69) is 24.4 Å². The van der Waals surface area contributed by atoms with Crippen molar-refractivity contribution in [1.82, 2.24) is 5.32 Å². The van der Waals surface area contributed by atoms with Crippen molar-refractivity contribution >= 4 is 17.2 Å². The van der Waals surface area contributed by atoms with Gasteiger partial charge in [0.1, 0.15) is 0 Å². The molecule has 2 aromatic rings. The Morgan fingerprint density at radius 2 is 1.95 bits per heavy atom. The summed E-state index contributed by atoms with van der Waals surface area (Å²) >= 11 is 1.80. The average Bonchev–Trinajstić information content (AvgIpc) is 2.91. The summed E-state index contributed by atoms with van der Waals surface area (Å²) < 4.78 is 0. The van der Waals surface area contributed by atoms with Crippen LogP contribution in [0.5, 0.6) is 0 Å². The molecular weight excluding hydrogens is 282 g/mol. The normalized spacial score (nSPS) is 10.6. The van der Waals surface area contributed by atoms with Crippen LogP contribution in [-0.4, -0.2) is 11.0 Å². The van der Waals surface area contributed by atoms with E-state index in [0.717, 1.165) is 24.0 Å². The van der Waals surface area contributed by atoms with Crippen LogP contribution >= 0.6 is 11.3 Å². The lowest BCUT2D eigenvalue weighted by atomic mass is 10.1. The topological polar surface area (TPSA) is 49.3 Å². The summed E-state index contributed by atoms with van der Waals surface area (Å²) in [6, 6.07) is 11.9. The summed E-state index contributed by atoms with van der Waals surface area (Å²) in [5, 5.41) is 12.2. The molecule has 0 radical (unpaired) electrons. The highest BCUT2D eigenvalue weighted by atomic mass is 32.1. The van der Waals surface area contributed by atoms with E-state index in [4.69, 9.17) is 0 Å². The summed E-state index contributed by atoms with van der Waals surface area (Å²) in [6.07, 6.45) is 2.37. The number of nitrogens with one attached hydrogen (secondary N) is 1. The van der Waals surface area contributed by atoms with Gasteiger partial charge in [-0.2, -0.15) is 0 Å². The number of carbonyl (C=O) groups is 1. The van der Waals surface area contributed by atoms with E-state index in [1.54, 1.807) is 11.3 Å². The zero-order chi connectivity index (χ0) is 15.1. The first-order chi connectivity index (χ1) is 10.2. The smallest absolute Gasteiger partial charge is 0.220 e. The van der Waals surface area contributed by atoms with Crippen molar-refractivity contribution in [1.29, 1.82) is 0 Å². The Kier molecular flexibility index (Phi) is 5.96. The van der Waals surface area contributed by atoms with Crippen LogP contribution in [-0.2, 0) is 24.4 Å². The third kappa shape index (κ3) is 4.99. The number of aliphatic hydroxyl groups excluding tert-OH is 1. The fourth-order valence-corrected chi connectivity index (χ4v) is 3.14. The van der Waals surface area contributed by atoms with Gasteiger partial charge in [0.05, 0.1) is 6.61 Å². The molecule has 3 nitrogen and oxygen atoms in total. The van der Waals surface area contributed by atoms with Gasteiger partial charge >= 0.3 is 0 Å². The number of thiophene rings is 1. The maximum Gasteiger partial charge on any atom is 0.220 e. The van der Waals surface area contributed by atoms with Gasteiger partial charge in [0, 0.05) is 22.7 Å². The molecule has 0 aliphatic carbocycles. The number of amides is 1. The highest BCUT2D eigenvalue weighted by Gasteiger charge is 2.05. The third-order valence-corrected chi connectivity index (χ3v) is 4.45. The molecule has 1 aromatic carbocycles. The second-order valence-electron chi connectivity index (χ2n) is 5.07. The van der Waals surface area contributed by atoms with Crippen molar-refractivity contribution in [2.75, 3.05) is 0 Å². The zero-order valence-electron chi connectivity index (χ0n) is 12.3. The fourth-order valence-electron chi connectivity index (χ4n) is 2.21. The van der Waals surface area contributed by atoms with Crippen LogP contribution in [0.25, 0.3) is 0 Å². The van der Waals surface area contributed by atoms with E-state index in [-0.39, 0.29) is 12.5 Å². The van der Waals surface area contributed by atoms with E-state index in [0.29, 0.717) is 13.0 Å². The molecule has 0 saturated carbocycles. The van der Waals surface area contributed by atoms with Gasteiger partial charge in [-0.3, -0.25) is 4.79 Å². The molecule has 0 aliphatic rings. The summed E-state index contributed by atoms with van der Waals surface area (Å²) in [4.78, 5) is 14.5. The monoisotopic (exact) mass is 303 g/mol. The van der Waals surface area contributed by atoms with Crippen LogP contribution in [0.15, 0.2) is 36.4 Å². The van der Waals surface area contributed by atoms with Crippen LogP contribution in [0.4, 0.5) is 0 Å². The van der Waals surface area contributed by atoms with Crippen molar-refractivity contribution in [3.63, 3.8) is 0 Å². The number of aliphatic hydroxyl groups is 1. The second kappa shape index (κ2) is 7.96. The minimum Gasteiger partial charge on any atom is -0.392 e. The van der Waals surface area contributed by atoms with Gasteiger partial charge in [0.15, 0.2) is 0 Å². The molecule has 0 atom stereocenters. The molecule has 112 valence electrons. The average molecular weight is 303 g/mol. The Morgan fingerprint density at radius 1 is 1.19 bits per heavy atom. The standard InChI is InChI=1S/C17H21NO2S/c1-13-9-10-16(21-13)7-4-8-17(20)18-11-14-5-2-3-6-15(14)12-19/h2-3,5-6,9-10,19H,4,7-8,11-12H2,1H3,(H,18,20). The van der Waals surface area contributed by atoms with Crippen molar-refractivity contribution < 1.29 is 9.90 Å². The fraction of sp³-hybridized carbons (Fsp3) is 0.353. The lowest BCUT2D eigenvalue weighted by Crippen LogP contribution is -2.23. The predicted octanol–water partition coefficient (Wildman–Crippen LogP) is 3.19. The van der Waals surface area contributed by atoms with Gasteiger partial charge in [-0.05, 0) is 43.0 Å². The summed E-state index contributed by atoms with van der Waals surface area (Å²) in [7, 11) is 0. The second-order valence-corrected chi connectivity index (χ2v) is 6.44. The van der Waals surface area contributed by atoms with E-state index >= 15 is 0 Å². The van der Waals surface area contributed by atoms with Gasteiger partial charge in [0.25, 0.3) is 0 Å².